The van der Waals surface area contributed by atoms with Crippen molar-refractivity contribution in [3.8, 4) is 11.1 Å². The minimum atomic E-state index is 0.125. The molecule has 1 saturated heterocycles. The first-order chi connectivity index (χ1) is 14.2. The molecule has 0 saturated carbocycles. The highest BCUT2D eigenvalue weighted by Gasteiger charge is 2.34. The van der Waals surface area contributed by atoms with Gasteiger partial charge in [-0.15, -0.1) is 0 Å². The zero-order chi connectivity index (χ0) is 19.8. The first kappa shape index (κ1) is 18.3. The van der Waals surface area contributed by atoms with Crippen molar-refractivity contribution in [2.24, 2.45) is 5.92 Å². The van der Waals surface area contributed by atoms with Gasteiger partial charge in [-0.1, -0.05) is 6.07 Å². The number of hydrogen-bond donors (Lipinski definition) is 0. The summed E-state index contributed by atoms with van der Waals surface area (Å²) in [6.07, 6.45) is 9.84. The lowest BCUT2D eigenvalue weighted by molar-refractivity contribution is 0.118. The van der Waals surface area contributed by atoms with Gasteiger partial charge >= 0.3 is 0 Å². The predicted molar refractivity (Wildman–Crippen MR) is 113 cm³/mol. The number of aryl methyl sites for hydroxylation is 2. The number of pyridine rings is 2. The molecule has 3 aromatic heterocycles. The Morgan fingerprint density at radius 1 is 1.10 bits per heavy atom. The second-order valence-corrected chi connectivity index (χ2v) is 8.44. The monoisotopic (exact) mass is 389 g/mol. The van der Waals surface area contributed by atoms with E-state index >= 15 is 0 Å². The number of fused-ring (bicyclic) bond motifs is 4. The van der Waals surface area contributed by atoms with Gasteiger partial charge in [-0.05, 0) is 49.9 Å². The molecule has 0 radical (unpaired) electrons. The zero-order valence-electron chi connectivity index (χ0n) is 16.9. The fraction of sp³-hybridized carbons (Fsp3) is 0.435. The molecule has 6 nitrogen and oxygen atoms in total. The molecule has 0 amide bonds. The van der Waals surface area contributed by atoms with Gasteiger partial charge in [0.15, 0.2) is 0 Å². The number of aromatic nitrogens is 4. The highest BCUT2D eigenvalue weighted by Crippen LogP contribution is 2.36. The van der Waals surface area contributed by atoms with Crippen LogP contribution in [-0.4, -0.2) is 43.6 Å². The Hall–Kier alpha value is -2.73. The van der Waals surface area contributed by atoms with Crippen LogP contribution in [-0.2, 0) is 13.1 Å². The maximum Gasteiger partial charge on any atom is 0.251 e. The smallest absolute Gasteiger partial charge is 0.251 e. The van der Waals surface area contributed by atoms with Crippen LogP contribution in [0.5, 0.6) is 0 Å². The van der Waals surface area contributed by atoms with E-state index in [1.807, 2.05) is 29.1 Å². The fourth-order valence-electron chi connectivity index (χ4n) is 5.05. The topological polar surface area (TPSA) is 56.0 Å². The minimum Gasteiger partial charge on any atom is -0.335 e. The molecule has 2 aliphatic heterocycles. The molecule has 29 heavy (non-hydrogen) atoms. The fourth-order valence-corrected chi connectivity index (χ4v) is 5.05. The quantitative estimate of drug-likeness (QED) is 0.673. The van der Waals surface area contributed by atoms with Crippen LogP contribution >= 0.6 is 0 Å². The summed E-state index contributed by atoms with van der Waals surface area (Å²) in [4.78, 5) is 23.9. The third kappa shape index (κ3) is 3.65. The Labute approximate surface area is 170 Å². The highest BCUT2D eigenvalue weighted by atomic mass is 16.1. The molecule has 150 valence electrons. The second-order valence-electron chi connectivity index (χ2n) is 8.44. The Kier molecular flexibility index (Phi) is 4.79. The number of hydrogen-bond acceptors (Lipinski definition) is 4. The third-order valence-corrected chi connectivity index (χ3v) is 6.42. The van der Waals surface area contributed by atoms with E-state index in [1.54, 1.807) is 12.3 Å². The van der Waals surface area contributed by atoms with Gasteiger partial charge in [-0.2, -0.15) is 0 Å². The van der Waals surface area contributed by atoms with Gasteiger partial charge < -0.3 is 14.0 Å². The van der Waals surface area contributed by atoms with E-state index in [0.29, 0.717) is 11.8 Å². The Bertz CT molecular complexity index is 1050. The molecule has 0 unspecified atom stereocenters. The van der Waals surface area contributed by atoms with Crippen molar-refractivity contribution in [3.63, 3.8) is 0 Å². The second kappa shape index (κ2) is 7.59. The highest BCUT2D eigenvalue weighted by molar-refractivity contribution is 5.62. The van der Waals surface area contributed by atoms with Crippen LogP contribution in [0.1, 0.15) is 30.3 Å². The van der Waals surface area contributed by atoms with E-state index < -0.39 is 0 Å². The van der Waals surface area contributed by atoms with Crippen LogP contribution in [0.3, 0.4) is 0 Å². The van der Waals surface area contributed by atoms with Gasteiger partial charge in [0.25, 0.3) is 5.56 Å². The third-order valence-electron chi connectivity index (χ3n) is 6.42. The molecule has 0 aliphatic carbocycles. The Balaban J connectivity index is 1.33. The van der Waals surface area contributed by atoms with Crippen molar-refractivity contribution in [2.75, 3.05) is 19.6 Å². The van der Waals surface area contributed by atoms with E-state index in [9.17, 15) is 4.79 Å². The van der Waals surface area contributed by atoms with Crippen molar-refractivity contribution >= 4 is 0 Å². The Morgan fingerprint density at radius 3 is 2.83 bits per heavy atom. The number of imidazole rings is 1. The molecule has 3 aromatic rings. The summed E-state index contributed by atoms with van der Waals surface area (Å²) >= 11 is 0. The summed E-state index contributed by atoms with van der Waals surface area (Å²) in [6.45, 7) is 7.13. The standard InChI is InChI=1S/C23H27N5O/c1-17-25-6-9-27(17)8-3-7-26-14-18-10-21(16-26)22-11-20(12-23(29)28(22)15-18)19-4-2-5-24-13-19/h2,4-6,9,11-13,18,21H,3,7-8,10,14-16H2,1H3/t18-,21+/m0/s1. The first-order valence-corrected chi connectivity index (χ1v) is 10.5. The van der Waals surface area contributed by atoms with E-state index in [2.05, 4.69) is 38.6 Å². The minimum absolute atomic E-state index is 0.125. The molecular weight excluding hydrogens is 362 g/mol. The molecule has 0 spiro atoms. The van der Waals surface area contributed by atoms with Gasteiger partial charge in [0.2, 0.25) is 0 Å². The lowest BCUT2D eigenvalue weighted by Crippen LogP contribution is -2.47. The first-order valence-electron chi connectivity index (χ1n) is 10.5. The maximum absolute atomic E-state index is 12.8. The van der Waals surface area contributed by atoms with Gasteiger partial charge in [0.05, 0.1) is 0 Å². The molecule has 5 heterocycles. The molecule has 6 heteroatoms. The number of rotatable bonds is 5. The number of nitrogens with zero attached hydrogens (tertiary/aromatic N) is 5. The zero-order valence-corrected chi connectivity index (χ0v) is 16.9. The normalized spacial score (nSPS) is 21.1. The summed E-state index contributed by atoms with van der Waals surface area (Å²) in [6, 6.07) is 7.94. The summed E-state index contributed by atoms with van der Waals surface area (Å²) in [5.41, 5.74) is 3.32. The molecule has 1 fully saturated rings. The van der Waals surface area contributed by atoms with Crippen LogP contribution in [0.25, 0.3) is 11.1 Å². The molecular formula is C23H27N5O. The van der Waals surface area contributed by atoms with E-state index in [-0.39, 0.29) is 5.56 Å². The van der Waals surface area contributed by atoms with E-state index in [4.69, 9.17) is 0 Å². The summed E-state index contributed by atoms with van der Waals surface area (Å²) in [7, 11) is 0. The van der Waals surface area contributed by atoms with Crippen molar-refractivity contribution in [1.29, 1.82) is 0 Å². The molecule has 5 rings (SSSR count). The summed E-state index contributed by atoms with van der Waals surface area (Å²) in [5.74, 6) is 2.08. The van der Waals surface area contributed by atoms with Crippen molar-refractivity contribution < 1.29 is 0 Å². The largest absolute Gasteiger partial charge is 0.335 e. The average Bonchev–Trinajstić information content (AvgIpc) is 3.14. The van der Waals surface area contributed by atoms with E-state index in [1.165, 1.54) is 12.1 Å². The Morgan fingerprint density at radius 2 is 2.03 bits per heavy atom. The number of likely N-dealkylation sites (tertiary alicyclic amines) is 1. The van der Waals surface area contributed by atoms with Gasteiger partial charge in [-0.25, -0.2) is 4.98 Å². The van der Waals surface area contributed by atoms with Crippen LogP contribution in [0.2, 0.25) is 0 Å². The lowest BCUT2D eigenvalue weighted by atomic mass is 9.82. The summed E-state index contributed by atoms with van der Waals surface area (Å²) < 4.78 is 4.24. The molecule has 2 atom stereocenters. The molecule has 0 N–H and O–H groups in total. The molecule has 2 aliphatic rings. The van der Waals surface area contributed by atoms with Gasteiger partial charge in [0, 0.05) is 74.2 Å². The molecule has 2 bridgehead atoms. The number of piperidine rings is 1. The SMILES string of the molecule is Cc1nccn1CCCN1C[C@@H]2C[C@H](C1)c1cc(-c3cccnc3)cc(=O)n1C2. The summed E-state index contributed by atoms with van der Waals surface area (Å²) in [5, 5.41) is 0. The average molecular weight is 390 g/mol. The lowest BCUT2D eigenvalue weighted by Gasteiger charge is -2.43. The maximum atomic E-state index is 12.8. The van der Waals surface area contributed by atoms with Crippen molar-refractivity contribution in [1.82, 2.24) is 24.0 Å². The van der Waals surface area contributed by atoms with Crippen LogP contribution in [0, 0.1) is 12.8 Å². The predicted octanol–water partition coefficient (Wildman–Crippen LogP) is 2.92. The van der Waals surface area contributed by atoms with Crippen molar-refractivity contribution in [3.05, 3.63) is 70.9 Å². The van der Waals surface area contributed by atoms with Crippen LogP contribution in [0.15, 0.2) is 53.8 Å². The van der Waals surface area contributed by atoms with Crippen molar-refractivity contribution in [2.45, 2.75) is 38.8 Å². The van der Waals surface area contributed by atoms with Crippen LogP contribution < -0.4 is 5.56 Å². The van der Waals surface area contributed by atoms with E-state index in [0.717, 1.165) is 56.1 Å². The molecule has 0 aromatic carbocycles. The van der Waals surface area contributed by atoms with Crippen LogP contribution in [0.4, 0.5) is 0 Å². The van der Waals surface area contributed by atoms with Gasteiger partial charge in [0.1, 0.15) is 5.82 Å². The van der Waals surface area contributed by atoms with Gasteiger partial charge in [-0.3, -0.25) is 9.78 Å².